The zero-order valence-corrected chi connectivity index (χ0v) is 7.43. The first-order valence-electron chi connectivity index (χ1n) is 4.00. The third-order valence-electron chi connectivity index (χ3n) is 1.91. The first kappa shape index (κ1) is 10.8. The van der Waals surface area contributed by atoms with Crippen molar-refractivity contribution >= 4 is 6.29 Å². The monoisotopic (exact) mass is 201 g/mol. The van der Waals surface area contributed by atoms with E-state index in [2.05, 4.69) is 0 Å². The van der Waals surface area contributed by atoms with Crippen molar-refractivity contribution in [3.8, 4) is 0 Å². The fraction of sp³-hybridized carbons (Fsp3) is 0.300. The molecule has 4 heteroatoms. The summed E-state index contributed by atoms with van der Waals surface area (Å²) < 4.78 is 36.4. The van der Waals surface area contributed by atoms with Crippen molar-refractivity contribution in [3.05, 3.63) is 35.4 Å². The van der Waals surface area contributed by atoms with Gasteiger partial charge >= 0.3 is 6.18 Å². The lowest BCUT2D eigenvalue weighted by molar-refractivity contribution is -0.137. The van der Waals surface area contributed by atoms with E-state index < -0.39 is 17.7 Å². The minimum absolute atomic E-state index is 0.489. The van der Waals surface area contributed by atoms with E-state index in [4.69, 9.17) is 0 Å². The predicted octanol–water partition coefficient (Wildman–Crippen LogP) is 2.92. The maximum atomic E-state index is 12.1. The van der Waals surface area contributed by atoms with Crippen molar-refractivity contribution in [2.24, 2.45) is 0 Å². The van der Waals surface area contributed by atoms with Gasteiger partial charge in [-0.15, -0.1) is 0 Å². The number of benzene rings is 1. The van der Waals surface area contributed by atoms with E-state index in [1.54, 1.807) is 13.2 Å². The molecule has 0 aliphatic rings. The van der Waals surface area contributed by atoms with Gasteiger partial charge in [0.15, 0.2) is 0 Å². The molecule has 0 fully saturated rings. The Bertz CT molecular complexity index is 313. The molecule has 0 saturated carbocycles. The van der Waals surface area contributed by atoms with Crippen LogP contribution in [0.5, 0.6) is 0 Å². The molecule has 0 spiro atoms. The summed E-state index contributed by atoms with van der Waals surface area (Å²) in [5.74, 6) is -0.489. The van der Waals surface area contributed by atoms with Gasteiger partial charge in [-0.1, -0.05) is 19.1 Å². The standard InChI is InChI=1S/C10H8F3O/c1-7(6-14)8-2-4-9(5-3-8)10(11,12)13/h2-5,7H,1H3. The summed E-state index contributed by atoms with van der Waals surface area (Å²) in [4.78, 5) is 10.2. The van der Waals surface area contributed by atoms with Gasteiger partial charge in [-0.3, -0.25) is 4.79 Å². The lowest BCUT2D eigenvalue weighted by atomic mass is 10.0. The van der Waals surface area contributed by atoms with Crippen molar-refractivity contribution in [2.75, 3.05) is 0 Å². The second kappa shape index (κ2) is 3.82. The number of hydrogen-bond acceptors (Lipinski definition) is 1. The van der Waals surface area contributed by atoms with Gasteiger partial charge in [0.25, 0.3) is 0 Å². The average molecular weight is 201 g/mol. The minimum Gasteiger partial charge on any atom is -0.290 e. The molecule has 0 N–H and O–H groups in total. The molecule has 1 nitrogen and oxygen atoms in total. The summed E-state index contributed by atoms with van der Waals surface area (Å²) in [5.41, 5.74) is -0.174. The van der Waals surface area contributed by atoms with Crippen molar-refractivity contribution in [1.82, 2.24) is 0 Å². The third kappa shape index (κ3) is 2.34. The fourth-order valence-electron chi connectivity index (χ4n) is 1.03. The molecule has 0 heterocycles. The normalized spacial score (nSPS) is 13.7. The molecular weight excluding hydrogens is 193 g/mol. The van der Waals surface area contributed by atoms with Gasteiger partial charge in [0.2, 0.25) is 6.29 Å². The Hall–Kier alpha value is -1.32. The summed E-state index contributed by atoms with van der Waals surface area (Å²) in [5, 5.41) is 0. The molecule has 1 atom stereocenters. The fourth-order valence-corrected chi connectivity index (χ4v) is 1.03. The van der Waals surface area contributed by atoms with Gasteiger partial charge in [-0.2, -0.15) is 13.2 Å². The van der Waals surface area contributed by atoms with E-state index in [1.165, 1.54) is 12.1 Å². The van der Waals surface area contributed by atoms with Crippen LogP contribution in [0.4, 0.5) is 13.2 Å². The summed E-state index contributed by atoms with van der Waals surface area (Å²) >= 11 is 0. The summed E-state index contributed by atoms with van der Waals surface area (Å²) in [6.07, 6.45) is -2.62. The third-order valence-corrected chi connectivity index (χ3v) is 1.91. The number of alkyl halides is 3. The summed E-state index contributed by atoms with van der Waals surface area (Å²) in [6.45, 7) is 1.58. The molecule has 0 aliphatic carbocycles. The van der Waals surface area contributed by atoms with Crippen LogP contribution in [0.25, 0.3) is 0 Å². The Morgan fingerprint density at radius 2 is 1.71 bits per heavy atom. The van der Waals surface area contributed by atoms with Crippen LogP contribution in [-0.4, -0.2) is 6.29 Å². The first-order valence-corrected chi connectivity index (χ1v) is 4.00. The number of rotatable bonds is 2. The van der Waals surface area contributed by atoms with E-state index in [9.17, 15) is 18.0 Å². The van der Waals surface area contributed by atoms with Gasteiger partial charge < -0.3 is 0 Å². The number of halogens is 3. The topological polar surface area (TPSA) is 17.1 Å². The lowest BCUT2D eigenvalue weighted by Gasteiger charge is -2.08. The predicted molar refractivity (Wildman–Crippen MR) is 45.6 cm³/mol. The van der Waals surface area contributed by atoms with Gasteiger partial charge in [-0.25, -0.2) is 0 Å². The Labute approximate surface area is 79.5 Å². The lowest BCUT2D eigenvalue weighted by Crippen LogP contribution is -2.05. The Morgan fingerprint density at radius 3 is 2.07 bits per heavy atom. The molecular formula is C10H8F3O. The van der Waals surface area contributed by atoms with Crippen LogP contribution < -0.4 is 0 Å². The van der Waals surface area contributed by atoms with E-state index in [0.29, 0.717) is 5.56 Å². The minimum atomic E-state index is -4.33. The molecule has 0 amide bonds. The highest BCUT2D eigenvalue weighted by Gasteiger charge is 2.30. The van der Waals surface area contributed by atoms with E-state index in [-0.39, 0.29) is 0 Å². The second-order valence-corrected chi connectivity index (χ2v) is 2.96. The first-order chi connectivity index (χ1) is 6.45. The van der Waals surface area contributed by atoms with Crippen LogP contribution in [0, 0.1) is 0 Å². The van der Waals surface area contributed by atoms with Gasteiger partial charge in [0, 0.05) is 5.92 Å². The average Bonchev–Trinajstić information content (AvgIpc) is 2.15. The molecule has 1 aromatic rings. The van der Waals surface area contributed by atoms with Crippen LogP contribution in [0.1, 0.15) is 24.0 Å². The van der Waals surface area contributed by atoms with Crippen LogP contribution in [-0.2, 0) is 11.0 Å². The summed E-state index contributed by atoms with van der Waals surface area (Å²) in [6, 6.07) is 4.50. The van der Waals surface area contributed by atoms with Crippen molar-refractivity contribution in [3.63, 3.8) is 0 Å². The van der Waals surface area contributed by atoms with Crippen LogP contribution in [0.15, 0.2) is 24.3 Å². The molecule has 0 bridgehead atoms. The second-order valence-electron chi connectivity index (χ2n) is 2.96. The smallest absolute Gasteiger partial charge is 0.290 e. The van der Waals surface area contributed by atoms with E-state index >= 15 is 0 Å². The largest absolute Gasteiger partial charge is 0.416 e. The highest BCUT2D eigenvalue weighted by molar-refractivity contribution is 5.62. The zero-order valence-electron chi connectivity index (χ0n) is 7.43. The molecule has 1 rings (SSSR count). The maximum Gasteiger partial charge on any atom is 0.416 e. The molecule has 0 aliphatic heterocycles. The molecule has 75 valence electrons. The zero-order chi connectivity index (χ0) is 10.8. The molecule has 1 unspecified atom stereocenters. The SMILES string of the molecule is CC([C]=O)c1ccc(C(F)(F)F)cc1. The van der Waals surface area contributed by atoms with Crippen molar-refractivity contribution < 1.29 is 18.0 Å². The highest BCUT2D eigenvalue weighted by Crippen LogP contribution is 2.29. The van der Waals surface area contributed by atoms with Crippen LogP contribution in [0.2, 0.25) is 0 Å². The quantitative estimate of drug-likeness (QED) is 0.718. The molecule has 0 saturated heterocycles. The Morgan fingerprint density at radius 1 is 1.21 bits per heavy atom. The highest BCUT2D eigenvalue weighted by atomic mass is 19.4. The van der Waals surface area contributed by atoms with E-state index in [0.717, 1.165) is 12.1 Å². The molecule has 1 aromatic carbocycles. The van der Waals surface area contributed by atoms with Crippen LogP contribution >= 0.6 is 0 Å². The van der Waals surface area contributed by atoms with Crippen molar-refractivity contribution in [1.29, 1.82) is 0 Å². The van der Waals surface area contributed by atoms with Gasteiger partial charge in [0.05, 0.1) is 5.56 Å². The summed E-state index contributed by atoms with van der Waals surface area (Å²) in [7, 11) is 0. The van der Waals surface area contributed by atoms with E-state index in [1.807, 2.05) is 0 Å². The molecule has 14 heavy (non-hydrogen) atoms. The van der Waals surface area contributed by atoms with Gasteiger partial charge in [-0.05, 0) is 17.7 Å². The number of carbonyl (C=O) groups excluding carboxylic acids is 1. The number of hydrogen-bond donors (Lipinski definition) is 0. The van der Waals surface area contributed by atoms with Gasteiger partial charge in [0.1, 0.15) is 0 Å². The molecule has 0 aromatic heterocycles. The Balaban J connectivity index is 2.95. The van der Waals surface area contributed by atoms with Crippen molar-refractivity contribution in [2.45, 2.75) is 19.0 Å². The molecule has 1 radical (unpaired) electrons. The Kier molecular flexibility index (Phi) is 2.93. The van der Waals surface area contributed by atoms with Crippen LogP contribution in [0.3, 0.4) is 0 Å². The maximum absolute atomic E-state index is 12.1.